The molecule has 4 N–H and O–H groups in total. The van der Waals surface area contributed by atoms with E-state index in [0.29, 0.717) is 31.0 Å². The van der Waals surface area contributed by atoms with Crippen molar-refractivity contribution in [3.8, 4) is 5.75 Å². The Bertz CT molecular complexity index is 1210. The monoisotopic (exact) mass is 510 g/mol. The van der Waals surface area contributed by atoms with Gasteiger partial charge in [0.25, 0.3) is 5.91 Å². The standard InChI is InChI=1S/C27H34N4O6/c1-37-23-9-3-8-19-18(23)12-21(29-19)27(36)31-13-16-5-2-7-17(16)24(31)26(35)30-20(22(33)14-32)11-15-6-4-10-28-25(15)34/h3,8-9,12,15-17,20,24,29,32H,2,4-7,10-11,13-14H2,1H3,(H,28,34)(H,30,35). The van der Waals surface area contributed by atoms with Crippen LogP contribution >= 0.6 is 0 Å². The minimum atomic E-state index is -0.985. The van der Waals surface area contributed by atoms with Gasteiger partial charge in [-0.1, -0.05) is 12.5 Å². The maximum atomic E-state index is 13.7. The molecule has 3 heterocycles. The largest absolute Gasteiger partial charge is 0.496 e. The summed E-state index contributed by atoms with van der Waals surface area (Å²) in [5, 5.41) is 16.0. The Hall–Kier alpha value is -3.40. The van der Waals surface area contributed by atoms with Gasteiger partial charge >= 0.3 is 0 Å². The van der Waals surface area contributed by atoms with Crippen LogP contribution in [0.1, 0.15) is 49.0 Å². The molecule has 198 valence electrons. The first-order valence-electron chi connectivity index (χ1n) is 13.1. The topological polar surface area (TPSA) is 141 Å². The van der Waals surface area contributed by atoms with Crippen molar-refractivity contribution in [1.29, 1.82) is 0 Å². The molecular weight excluding hydrogens is 476 g/mol. The van der Waals surface area contributed by atoms with Gasteiger partial charge in [0.05, 0.1) is 13.2 Å². The van der Waals surface area contributed by atoms with Gasteiger partial charge in [-0.05, 0) is 62.1 Å². The number of ketones is 1. The van der Waals surface area contributed by atoms with E-state index >= 15 is 0 Å². The molecule has 5 atom stereocenters. The van der Waals surface area contributed by atoms with E-state index in [-0.39, 0.29) is 30.1 Å². The van der Waals surface area contributed by atoms with Crippen molar-refractivity contribution in [3.05, 3.63) is 30.0 Å². The van der Waals surface area contributed by atoms with Crippen LogP contribution in [-0.4, -0.2) is 77.4 Å². The molecule has 3 fully saturated rings. The number of likely N-dealkylation sites (tertiary alicyclic amines) is 1. The first kappa shape index (κ1) is 25.3. The summed E-state index contributed by atoms with van der Waals surface area (Å²) in [6.07, 6.45) is 4.32. The molecule has 1 aromatic heterocycles. The van der Waals surface area contributed by atoms with Gasteiger partial charge in [-0.2, -0.15) is 0 Å². The SMILES string of the molecule is COc1cccc2[nH]c(C(=O)N3CC4CCCC4C3C(=O)NC(CC3CCCNC3=O)C(=O)CO)cc12. The number of aromatic amines is 1. The first-order chi connectivity index (χ1) is 17.9. The molecule has 0 spiro atoms. The van der Waals surface area contributed by atoms with Crippen molar-refractivity contribution < 1.29 is 29.0 Å². The summed E-state index contributed by atoms with van der Waals surface area (Å²) in [7, 11) is 1.58. The average molecular weight is 511 g/mol. The number of H-pyrrole nitrogens is 1. The zero-order valence-electron chi connectivity index (χ0n) is 21.0. The van der Waals surface area contributed by atoms with E-state index in [1.807, 2.05) is 18.2 Å². The fraction of sp³-hybridized carbons (Fsp3) is 0.556. The fourth-order valence-corrected chi connectivity index (χ4v) is 6.41. The summed E-state index contributed by atoms with van der Waals surface area (Å²) in [5.41, 5.74) is 1.14. The molecule has 0 radical (unpaired) electrons. The third-order valence-electron chi connectivity index (χ3n) is 8.27. The molecule has 5 unspecified atom stereocenters. The molecule has 1 saturated carbocycles. The number of carbonyl (C=O) groups is 4. The van der Waals surface area contributed by atoms with Crippen molar-refractivity contribution in [3.63, 3.8) is 0 Å². The van der Waals surface area contributed by atoms with Gasteiger partial charge in [-0.25, -0.2) is 0 Å². The van der Waals surface area contributed by atoms with E-state index in [1.54, 1.807) is 18.1 Å². The van der Waals surface area contributed by atoms with Gasteiger partial charge in [-0.3, -0.25) is 19.2 Å². The summed E-state index contributed by atoms with van der Waals surface area (Å²) in [6.45, 7) is 0.343. The number of benzene rings is 1. The Kier molecular flexibility index (Phi) is 7.19. The van der Waals surface area contributed by atoms with Crippen LogP contribution in [-0.2, 0) is 14.4 Å². The number of hydrogen-bond acceptors (Lipinski definition) is 6. The zero-order chi connectivity index (χ0) is 26.1. The predicted molar refractivity (Wildman–Crippen MR) is 135 cm³/mol. The number of Topliss-reactive ketones (excluding diaryl/α,β-unsaturated/α-hetero) is 1. The third-order valence-corrected chi connectivity index (χ3v) is 8.27. The van der Waals surface area contributed by atoms with E-state index in [2.05, 4.69) is 15.6 Å². The number of aliphatic hydroxyl groups is 1. The molecule has 1 aromatic carbocycles. The lowest BCUT2D eigenvalue weighted by molar-refractivity contribution is -0.134. The Morgan fingerprint density at radius 1 is 1.22 bits per heavy atom. The number of piperidine rings is 1. The number of rotatable bonds is 8. The molecule has 1 aliphatic carbocycles. The second kappa shape index (κ2) is 10.5. The van der Waals surface area contributed by atoms with E-state index < -0.39 is 36.3 Å². The van der Waals surface area contributed by atoms with E-state index in [1.165, 1.54) is 0 Å². The lowest BCUT2D eigenvalue weighted by atomic mass is 9.89. The lowest BCUT2D eigenvalue weighted by Gasteiger charge is -2.30. The van der Waals surface area contributed by atoms with Crippen molar-refractivity contribution in [2.24, 2.45) is 17.8 Å². The van der Waals surface area contributed by atoms with Crippen molar-refractivity contribution in [1.82, 2.24) is 20.5 Å². The summed E-state index contributed by atoms with van der Waals surface area (Å²) in [4.78, 5) is 57.0. The molecule has 3 aliphatic rings. The highest BCUT2D eigenvalue weighted by molar-refractivity contribution is 6.02. The Morgan fingerprint density at radius 2 is 2.05 bits per heavy atom. The van der Waals surface area contributed by atoms with Crippen molar-refractivity contribution >= 4 is 34.4 Å². The highest BCUT2D eigenvalue weighted by Gasteiger charge is 2.50. The second-order valence-electron chi connectivity index (χ2n) is 10.4. The number of nitrogens with zero attached hydrogens (tertiary/aromatic N) is 1. The van der Waals surface area contributed by atoms with Crippen LogP contribution in [0.2, 0.25) is 0 Å². The lowest BCUT2D eigenvalue weighted by Crippen LogP contribution is -2.54. The number of aliphatic hydroxyl groups excluding tert-OH is 1. The van der Waals surface area contributed by atoms with Gasteiger partial charge in [0.1, 0.15) is 24.1 Å². The van der Waals surface area contributed by atoms with E-state index in [9.17, 15) is 24.3 Å². The number of fused-ring (bicyclic) bond motifs is 2. The molecule has 5 rings (SSSR count). The number of carbonyl (C=O) groups excluding carboxylic acids is 4. The fourth-order valence-electron chi connectivity index (χ4n) is 6.41. The first-order valence-corrected chi connectivity index (χ1v) is 13.1. The Morgan fingerprint density at radius 3 is 2.81 bits per heavy atom. The quantitative estimate of drug-likeness (QED) is 0.423. The molecule has 2 aromatic rings. The zero-order valence-corrected chi connectivity index (χ0v) is 21.0. The number of hydrogen-bond donors (Lipinski definition) is 4. The number of aromatic nitrogens is 1. The molecule has 0 bridgehead atoms. The molecule has 37 heavy (non-hydrogen) atoms. The Labute approximate surface area is 215 Å². The smallest absolute Gasteiger partial charge is 0.271 e. The van der Waals surface area contributed by atoms with Crippen molar-refractivity contribution in [2.75, 3.05) is 26.8 Å². The highest BCUT2D eigenvalue weighted by Crippen LogP contribution is 2.43. The highest BCUT2D eigenvalue weighted by atomic mass is 16.5. The molecule has 2 aliphatic heterocycles. The molecule has 10 heteroatoms. The van der Waals surface area contributed by atoms with Gasteiger partial charge in [0.15, 0.2) is 5.78 Å². The number of methoxy groups -OCH3 is 1. The number of nitrogens with one attached hydrogen (secondary N) is 3. The molecule has 2 saturated heterocycles. The van der Waals surface area contributed by atoms with Crippen LogP contribution in [0.5, 0.6) is 5.75 Å². The average Bonchev–Trinajstić information content (AvgIpc) is 3.62. The second-order valence-corrected chi connectivity index (χ2v) is 10.4. The summed E-state index contributed by atoms with van der Waals surface area (Å²) >= 11 is 0. The number of amides is 3. The van der Waals surface area contributed by atoms with Crippen LogP contribution in [0.15, 0.2) is 24.3 Å². The maximum absolute atomic E-state index is 13.7. The van der Waals surface area contributed by atoms with E-state index in [0.717, 1.165) is 36.6 Å². The minimum absolute atomic E-state index is 0.00530. The normalized spacial score (nSPS) is 26.0. The van der Waals surface area contributed by atoms with Crippen molar-refractivity contribution in [2.45, 2.75) is 50.6 Å². The third kappa shape index (κ3) is 4.82. The summed E-state index contributed by atoms with van der Waals surface area (Å²) in [6, 6.07) is 5.58. The summed E-state index contributed by atoms with van der Waals surface area (Å²) in [5.74, 6) is -0.884. The van der Waals surface area contributed by atoms with Gasteiger partial charge in [0.2, 0.25) is 11.8 Å². The minimum Gasteiger partial charge on any atom is -0.496 e. The van der Waals surface area contributed by atoms with Crippen LogP contribution in [0.4, 0.5) is 0 Å². The number of ether oxygens (including phenoxy) is 1. The van der Waals surface area contributed by atoms with Crippen LogP contribution in [0, 0.1) is 17.8 Å². The molecular formula is C27H34N4O6. The Balaban J connectivity index is 1.38. The van der Waals surface area contributed by atoms with Gasteiger partial charge in [0, 0.05) is 29.9 Å². The predicted octanol–water partition coefficient (Wildman–Crippen LogP) is 1.38. The van der Waals surface area contributed by atoms with Crippen LogP contribution in [0.3, 0.4) is 0 Å². The molecule has 3 amide bonds. The maximum Gasteiger partial charge on any atom is 0.271 e. The van der Waals surface area contributed by atoms with Gasteiger partial charge < -0.3 is 30.4 Å². The summed E-state index contributed by atoms with van der Waals surface area (Å²) < 4.78 is 5.42. The van der Waals surface area contributed by atoms with E-state index in [4.69, 9.17) is 4.74 Å². The van der Waals surface area contributed by atoms with Crippen LogP contribution < -0.4 is 15.4 Å². The van der Waals surface area contributed by atoms with Crippen LogP contribution in [0.25, 0.3) is 10.9 Å². The van der Waals surface area contributed by atoms with Gasteiger partial charge in [-0.15, -0.1) is 0 Å². The molecule has 10 nitrogen and oxygen atoms in total.